The van der Waals surface area contributed by atoms with Crippen LogP contribution in [0.1, 0.15) is 89.8 Å². The van der Waals surface area contributed by atoms with E-state index in [9.17, 15) is 0 Å². The van der Waals surface area contributed by atoms with E-state index in [0.717, 1.165) is 0 Å². The van der Waals surface area contributed by atoms with Crippen molar-refractivity contribution in [2.75, 3.05) is 0 Å². The largest absolute Gasteiger partial charge is 1.00 e. The number of nitrogens with zero attached hydrogens (tertiary/aromatic N) is 1. The number of hydrogen-bond acceptors (Lipinski definition) is 0. The minimum absolute atomic E-state index is 0. The van der Waals surface area contributed by atoms with Gasteiger partial charge in [-0.25, -0.2) is 9.55 Å². The highest BCUT2D eigenvalue weighted by atomic mass is 79.9. The van der Waals surface area contributed by atoms with E-state index in [1.807, 2.05) is 6.20 Å². The maximum atomic E-state index is 3.22. The quantitative estimate of drug-likeness (QED) is 0.412. The molecule has 1 aromatic rings. The van der Waals surface area contributed by atoms with Crippen LogP contribution in [0, 0.1) is 6.92 Å². The zero-order chi connectivity index (χ0) is 14.5. The molecule has 0 aliphatic rings. The van der Waals surface area contributed by atoms with Gasteiger partial charge in [0.25, 0.3) is 5.82 Å². The molecule has 0 spiro atoms. The molecule has 0 fully saturated rings. The molecule has 1 heterocycles. The Morgan fingerprint density at radius 1 is 0.810 bits per heavy atom. The first kappa shape index (κ1) is 20.7. The van der Waals surface area contributed by atoms with Crippen LogP contribution in [0.3, 0.4) is 0 Å². The number of aryl methyl sites for hydroxylation is 2. The number of halogens is 1. The van der Waals surface area contributed by atoms with Gasteiger partial charge in [0.05, 0.1) is 6.54 Å². The molecule has 0 atom stereocenters. The third-order valence-corrected chi connectivity index (χ3v) is 4.23. The molecule has 0 aliphatic carbocycles. The van der Waals surface area contributed by atoms with E-state index < -0.39 is 0 Å². The van der Waals surface area contributed by atoms with Crippen molar-refractivity contribution in [1.82, 2.24) is 4.98 Å². The summed E-state index contributed by atoms with van der Waals surface area (Å²) in [7, 11) is 0. The van der Waals surface area contributed by atoms with Crippen molar-refractivity contribution in [2.24, 2.45) is 0 Å². The van der Waals surface area contributed by atoms with Crippen LogP contribution in [0.25, 0.3) is 0 Å². The summed E-state index contributed by atoms with van der Waals surface area (Å²) in [5, 5.41) is 0. The lowest BCUT2D eigenvalue weighted by molar-refractivity contribution is -0.702. The molecule has 0 aromatic carbocycles. The first-order chi connectivity index (χ1) is 9.84. The van der Waals surface area contributed by atoms with Crippen LogP contribution in [0.15, 0.2) is 12.4 Å². The maximum absolute atomic E-state index is 3.22. The monoisotopic (exact) mass is 358 g/mol. The second-order valence-corrected chi connectivity index (χ2v) is 6.13. The first-order valence-electron chi connectivity index (χ1n) is 8.88. The minimum atomic E-state index is 0. The Balaban J connectivity index is 0.00000400. The van der Waals surface area contributed by atoms with E-state index >= 15 is 0 Å². The summed E-state index contributed by atoms with van der Waals surface area (Å²) in [5.74, 6) is 1.27. The van der Waals surface area contributed by atoms with Crippen molar-refractivity contribution in [3.05, 3.63) is 18.2 Å². The van der Waals surface area contributed by atoms with Gasteiger partial charge in [0, 0.05) is 6.92 Å². The predicted molar refractivity (Wildman–Crippen MR) is 86.8 cm³/mol. The Hall–Kier alpha value is -0.310. The molecular weight excluding hydrogens is 324 g/mol. The van der Waals surface area contributed by atoms with Gasteiger partial charge in [0.15, 0.2) is 0 Å². The van der Waals surface area contributed by atoms with Crippen molar-refractivity contribution in [3.8, 4) is 0 Å². The highest BCUT2D eigenvalue weighted by molar-refractivity contribution is 4.70. The minimum Gasteiger partial charge on any atom is -1.00 e. The van der Waals surface area contributed by atoms with Crippen molar-refractivity contribution in [3.63, 3.8) is 0 Å². The number of aromatic amines is 1. The van der Waals surface area contributed by atoms with Crippen molar-refractivity contribution >= 4 is 0 Å². The van der Waals surface area contributed by atoms with Gasteiger partial charge in [-0.15, -0.1) is 0 Å². The van der Waals surface area contributed by atoms with Gasteiger partial charge in [0.2, 0.25) is 0 Å². The highest BCUT2D eigenvalue weighted by Gasteiger charge is 2.02. The summed E-state index contributed by atoms with van der Waals surface area (Å²) in [5.41, 5.74) is 0. The average Bonchev–Trinajstić information content (AvgIpc) is 2.85. The van der Waals surface area contributed by atoms with Crippen LogP contribution >= 0.6 is 0 Å². The second-order valence-electron chi connectivity index (χ2n) is 6.13. The lowest BCUT2D eigenvalue weighted by Gasteiger charge is -2.02. The smallest absolute Gasteiger partial charge is 0.251 e. The van der Waals surface area contributed by atoms with E-state index in [4.69, 9.17) is 0 Å². The van der Waals surface area contributed by atoms with Crippen LogP contribution in [0.5, 0.6) is 0 Å². The Bertz CT molecular complexity index is 323. The molecule has 2 nitrogen and oxygen atoms in total. The molecule has 3 heteroatoms. The summed E-state index contributed by atoms with van der Waals surface area (Å²) < 4.78 is 2.32. The van der Waals surface area contributed by atoms with Gasteiger partial charge in [-0.2, -0.15) is 0 Å². The summed E-state index contributed by atoms with van der Waals surface area (Å²) in [4.78, 5) is 3.22. The third kappa shape index (κ3) is 11.0. The van der Waals surface area contributed by atoms with Gasteiger partial charge in [-0.3, -0.25) is 0 Å². The number of H-pyrrole nitrogens is 1. The average molecular weight is 359 g/mol. The molecule has 0 saturated heterocycles. The fourth-order valence-electron chi connectivity index (χ4n) is 2.81. The number of aromatic nitrogens is 2. The van der Waals surface area contributed by atoms with Crippen LogP contribution < -0.4 is 21.5 Å². The molecule has 1 aromatic heterocycles. The van der Waals surface area contributed by atoms with Gasteiger partial charge < -0.3 is 17.0 Å². The lowest BCUT2D eigenvalue weighted by Crippen LogP contribution is -3.00. The van der Waals surface area contributed by atoms with Crippen LogP contribution in [0.4, 0.5) is 0 Å². The summed E-state index contributed by atoms with van der Waals surface area (Å²) in [6.45, 7) is 5.60. The summed E-state index contributed by atoms with van der Waals surface area (Å²) in [6.07, 6.45) is 21.3. The maximum Gasteiger partial charge on any atom is 0.251 e. The number of rotatable bonds is 13. The summed E-state index contributed by atoms with van der Waals surface area (Å²) in [6, 6.07) is 0. The fourth-order valence-corrected chi connectivity index (χ4v) is 2.81. The van der Waals surface area contributed by atoms with Crippen molar-refractivity contribution < 1.29 is 21.5 Å². The van der Waals surface area contributed by atoms with Gasteiger partial charge >= 0.3 is 0 Å². The number of nitrogens with one attached hydrogen (secondary N) is 1. The molecule has 0 aliphatic heterocycles. The van der Waals surface area contributed by atoms with Crippen molar-refractivity contribution in [1.29, 1.82) is 0 Å². The van der Waals surface area contributed by atoms with Crippen LogP contribution in [0.2, 0.25) is 0 Å². The number of imidazole rings is 1. The lowest BCUT2D eigenvalue weighted by atomic mass is 10.1. The molecule has 21 heavy (non-hydrogen) atoms. The predicted octanol–water partition coefficient (Wildman–Crippen LogP) is 2.32. The molecular formula is C18H35BrN2. The SMILES string of the molecule is CCCCCCCCCCCCCC[n+]1cc[nH]c1C.[Br-]. The summed E-state index contributed by atoms with van der Waals surface area (Å²) >= 11 is 0. The van der Waals surface area contributed by atoms with Crippen LogP contribution in [-0.4, -0.2) is 4.98 Å². The zero-order valence-corrected chi connectivity index (χ0v) is 15.8. The molecule has 0 bridgehead atoms. The standard InChI is InChI=1S/C18H34N2.BrH/c1-3-4-5-6-7-8-9-10-11-12-13-14-16-20-17-15-19-18(20)2;/h15,17H,3-14,16H2,1-2H3;1H. The van der Waals surface area contributed by atoms with E-state index in [1.165, 1.54) is 89.4 Å². The first-order valence-corrected chi connectivity index (χ1v) is 8.88. The Morgan fingerprint density at radius 3 is 1.71 bits per heavy atom. The fraction of sp³-hybridized carbons (Fsp3) is 0.833. The number of hydrogen-bond donors (Lipinski definition) is 1. The van der Waals surface area contributed by atoms with E-state index in [-0.39, 0.29) is 17.0 Å². The van der Waals surface area contributed by atoms with Crippen LogP contribution in [-0.2, 0) is 6.54 Å². The Labute approximate surface area is 142 Å². The van der Waals surface area contributed by atoms with Gasteiger partial charge in [0.1, 0.15) is 12.4 Å². The highest BCUT2D eigenvalue weighted by Crippen LogP contribution is 2.11. The number of unbranched alkanes of at least 4 members (excludes halogenated alkanes) is 11. The van der Waals surface area contributed by atoms with Crippen molar-refractivity contribution in [2.45, 2.75) is 97.4 Å². The van der Waals surface area contributed by atoms with E-state index in [0.29, 0.717) is 0 Å². The third-order valence-electron chi connectivity index (χ3n) is 4.23. The molecule has 124 valence electrons. The zero-order valence-electron chi connectivity index (χ0n) is 14.2. The van der Waals surface area contributed by atoms with Gasteiger partial charge in [-0.05, 0) is 12.8 Å². The Kier molecular flexibility index (Phi) is 14.4. The Morgan fingerprint density at radius 2 is 1.29 bits per heavy atom. The van der Waals surface area contributed by atoms with Gasteiger partial charge in [-0.1, -0.05) is 71.1 Å². The molecule has 1 N–H and O–H groups in total. The molecule has 1 rings (SSSR count). The molecule has 0 amide bonds. The second kappa shape index (κ2) is 14.6. The van der Waals surface area contributed by atoms with E-state index in [1.54, 1.807) is 0 Å². The topological polar surface area (TPSA) is 19.7 Å². The molecule has 0 radical (unpaired) electrons. The normalized spacial score (nSPS) is 10.6. The molecule has 0 unspecified atom stereocenters. The molecule has 0 saturated carbocycles. The van der Waals surface area contributed by atoms with E-state index in [2.05, 4.69) is 29.6 Å².